The molecule has 3 rings (SSSR count). The van der Waals surface area contributed by atoms with Gasteiger partial charge in [0.2, 0.25) is 0 Å². The first-order chi connectivity index (χ1) is 13.9. The SMILES string of the molecule is Cc1cccc(OC(=O)Nc2ccc(C)c(NC(=O)Oc3cccc(C)c3)c2)c1. The summed E-state index contributed by atoms with van der Waals surface area (Å²) in [5, 5.41) is 5.35. The van der Waals surface area contributed by atoms with E-state index >= 15 is 0 Å². The number of nitrogens with one attached hydrogen (secondary N) is 2. The van der Waals surface area contributed by atoms with E-state index in [0.717, 1.165) is 16.7 Å². The van der Waals surface area contributed by atoms with E-state index in [2.05, 4.69) is 10.6 Å². The van der Waals surface area contributed by atoms with Gasteiger partial charge in [-0.3, -0.25) is 10.6 Å². The van der Waals surface area contributed by atoms with Crippen LogP contribution in [-0.4, -0.2) is 12.2 Å². The summed E-state index contributed by atoms with van der Waals surface area (Å²) in [5.74, 6) is 0.908. The number of carbonyl (C=O) groups excluding carboxylic acids is 2. The third-order valence-electron chi connectivity index (χ3n) is 4.12. The molecule has 3 aromatic rings. The van der Waals surface area contributed by atoms with Crippen LogP contribution in [0.5, 0.6) is 11.5 Å². The first kappa shape index (κ1) is 19.9. The minimum atomic E-state index is -0.618. The van der Waals surface area contributed by atoms with Crippen molar-refractivity contribution >= 4 is 23.6 Å². The molecule has 0 unspecified atom stereocenters. The molecule has 6 nitrogen and oxygen atoms in total. The summed E-state index contributed by atoms with van der Waals surface area (Å²) < 4.78 is 10.6. The van der Waals surface area contributed by atoms with Crippen LogP contribution in [0.4, 0.5) is 21.0 Å². The van der Waals surface area contributed by atoms with Crippen molar-refractivity contribution in [1.29, 1.82) is 0 Å². The Balaban J connectivity index is 1.64. The van der Waals surface area contributed by atoms with Gasteiger partial charge in [0.05, 0.1) is 0 Å². The van der Waals surface area contributed by atoms with Crippen molar-refractivity contribution in [3.63, 3.8) is 0 Å². The second-order valence-corrected chi connectivity index (χ2v) is 6.69. The van der Waals surface area contributed by atoms with Crippen LogP contribution in [0.1, 0.15) is 16.7 Å². The Labute approximate surface area is 169 Å². The van der Waals surface area contributed by atoms with Crippen molar-refractivity contribution in [2.24, 2.45) is 0 Å². The molecule has 2 N–H and O–H groups in total. The lowest BCUT2D eigenvalue weighted by Gasteiger charge is -2.12. The molecule has 3 aromatic carbocycles. The topological polar surface area (TPSA) is 76.7 Å². The maximum absolute atomic E-state index is 12.2. The highest BCUT2D eigenvalue weighted by atomic mass is 16.6. The molecule has 0 aliphatic rings. The Morgan fingerprint density at radius 3 is 1.79 bits per heavy atom. The summed E-state index contributed by atoms with van der Waals surface area (Å²) in [4.78, 5) is 24.3. The van der Waals surface area contributed by atoms with Crippen LogP contribution >= 0.6 is 0 Å². The number of hydrogen-bond acceptors (Lipinski definition) is 4. The molecule has 0 bridgehead atoms. The standard InChI is InChI=1S/C23H22N2O4/c1-15-6-4-8-19(12-15)28-22(26)24-18-11-10-17(3)21(14-18)25-23(27)29-20-9-5-7-16(2)13-20/h4-14H,1-3H3,(H,24,26)(H,25,27). The molecule has 29 heavy (non-hydrogen) atoms. The van der Waals surface area contributed by atoms with Crippen LogP contribution in [-0.2, 0) is 0 Å². The predicted molar refractivity (Wildman–Crippen MR) is 113 cm³/mol. The number of carbonyl (C=O) groups is 2. The maximum atomic E-state index is 12.2. The van der Waals surface area contributed by atoms with Crippen molar-refractivity contribution in [3.8, 4) is 11.5 Å². The number of benzene rings is 3. The Morgan fingerprint density at radius 1 is 0.690 bits per heavy atom. The fourth-order valence-electron chi connectivity index (χ4n) is 2.69. The predicted octanol–water partition coefficient (Wildman–Crippen LogP) is 5.83. The quantitative estimate of drug-likeness (QED) is 0.587. The largest absolute Gasteiger partial charge is 0.417 e. The lowest BCUT2D eigenvalue weighted by Crippen LogP contribution is -2.19. The number of aryl methyl sites for hydroxylation is 3. The number of amides is 2. The van der Waals surface area contributed by atoms with Crippen molar-refractivity contribution in [2.45, 2.75) is 20.8 Å². The highest BCUT2D eigenvalue weighted by molar-refractivity contribution is 5.91. The lowest BCUT2D eigenvalue weighted by molar-refractivity contribution is 0.214. The van der Waals surface area contributed by atoms with Gasteiger partial charge in [-0.05, 0) is 73.9 Å². The Kier molecular flexibility index (Phi) is 6.14. The maximum Gasteiger partial charge on any atom is 0.417 e. The smallest absolute Gasteiger partial charge is 0.410 e. The molecule has 0 spiro atoms. The van der Waals surface area contributed by atoms with Gasteiger partial charge >= 0.3 is 12.2 Å². The van der Waals surface area contributed by atoms with Crippen molar-refractivity contribution in [3.05, 3.63) is 83.4 Å². The third-order valence-corrected chi connectivity index (χ3v) is 4.12. The average molecular weight is 390 g/mol. The van der Waals surface area contributed by atoms with Crippen molar-refractivity contribution < 1.29 is 19.1 Å². The van der Waals surface area contributed by atoms with E-state index in [-0.39, 0.29) is 0 Å². The van der Waals surface area contributed by atoms with Gasteiger partial charge in [-0.15, -0.1) is 0 Å². The van der Waals surface area contributed by atoms with E-state index in [1.54, 1.807) is 42.5 Å². The molecule has 6 heteroatoms. The molecular formula is C23H22N2O4. The lowest BCUT2D eigenvalue weighted by atomic mass is 10.2. The normalized spacial score (nSPS) is 10.2. The molecule has 0 fully saturated rings. The van der Waals surface area contributed by atoms with E-state index in [9.17, 15) is 9.59 Å². The minimum absolute atomic E-state index is 0.453. The number of anilines is 2. The Morgan fingerprint density at radius 2 is 1.24 bits per heavy atom. The van der Waals surface area contributed by atoms with Crippen molar-refractivity contribution in [2.75, 3.05) is 10.6 Å². The minimum Gasteiger partial charge on any atom is -0.410 e. The molecule has 0 heterocycles. The summed E-state index contributed by atoms with van der Waals surface area (Å²) in [6.45, 7) is 5.68. The van der Waals surface area contributed by atoms with E-state index in [1.165, 1.54) is 0 Å². The highest BCUT2D eigenvalue weighted by Crippen LogP contribution is 2.22. The number of hydrogen-bond donors (Lipinski definition) is 2. The fourth-order valence-corrected chi connectivity index (χ4v) is 2.69. The zero-order chi connectivity index (χ0) is 20.8. The van der Waals surface area contributed by atoms with Gasteiger partial charge in [-0.25, -0.2) is 9.59 Å². The molecule has 0 aliphatic heterocycles. The third kappa shape index (κ3) is 5.84. The molecule has 0 radical (unpaired) electrons. The summed E-state index contributed by atoms with van der Waals surface area (Å²) in [7, 11) is 0. The molecule has 148 valence electrons. The summed E-state index contributed by atoms with van der Waals surface area (Å²) >= 11 is 0. The van der Waals surface area contributed by atoms with E-state index in [1.807, 2.05) is 45.0 Å². The Bertz CT molecular complexity index is 1050. The van der Waals surface area contributed by atoms with Gasteiger partial charge < -0.3 is 9.47 Å². The molecular weight excluding hydrogens is 368 g/mol. The molecule has 2 amide bonds. The van der Waals surface area contributed by atoms with Crippen LogP contribution < -0.4 is 20.1 Å². The van der Waals surface area contributed by atoms with Crippen LogP contribution in [0.2, 0.25) is 0 Å². The highest BCUT2D eigenvalue weighted by Gasteiger charge is 2.11. The van der Waals surface area contributed by atoms with Crippen LogP contribution in [0.15, 0.2) is 66.7 Å². The number of ether oxygens (including phenoxy) is 2. The first-order valence-corrected chi connectivity index (χ1v) is 9.11. The Hall–Kier alpha value is -3.80. The zero-order valence-corrected chi connectivity index (χ0v) is 16.5. The number of rotatable bonds is 4. The molecule has 0 aromatic heterocycles. The van der Waals surface area contributed by atoms with Gasteiger partial charge in [-0.1, -0.05) is 30.3 Å². The molecule has 0 atom stereocenters. The van der Waals surface area contributed by atoms with E-state index in [4.69, 9.17) is 9.47 Å². The van der Waals surface area contributed by atoms with Gasteiger partial charge in [-0.2, -0.15) is 0 Å². The van der Waals surface area contributed by atoms with E-state index < -0.39 is 12.2 Å². The summed E-state index contributed by atoms with van der Waals surface area (Å²) in [6, 6.07) is 19.6. The van der Waals surface area contributed by atoms with Crippen LogP contribution in [0.25, 0.3) is 0 Å². The summed E-state index contributed by atoms with van der Waals surface area (Å²) in [5.41, 5.74) is 3.81. The van der Waals surface area contributed by atoms with Crippen LogP contribution in [0, 0.1) is 20.8 Å². The van der Waals surface area contributed by atoms with Gasteiger partial charge in [0.15, 0.2) is 0 Å². The zero-order valence-electron chi connectivity index (χ0n) is 16.5. The van der Waals surface area contributed by atoms with Gasteiger partial charge in [0.1, 0.15) is 11.5 Å². The molecule has 0 saturated carbocycles. The van der Waals surface area contributed by atoms with Crippen LogP contribution in [0.3, 0.4) is 0 Å². The van der Waals surface area contributed by atoms with Gasteiger partial charge in [0.25, 0.3) is 0 Å². The molecule has 0 aliphatic carbocycles. The first-order valence-electron chi connectivity index (χ1n) is 9.11. The van der Waals surface area contributed by atoms with Gasteiger partial charge in [0, 0.05) is 11.4 Å². The van der Waals surface area contributed by atoms with E-state index in [0.29, 0.717) is 22.9 Å². The fraction of sp³-hybridized carbons (Fsp3) is 0.130. The second kappa shape index (κ2) is 8.93. The summed E-state index contributed by atoms with van der Waals surface area (Å²) in [6.07, 6.45) is -1.23. The molecule has 0 saturated heterocycles. The van der Waals surface area contributed by atoms with Crippen molar-refractivity contribution in [1.82, 2.24) is 0 Å². The second-order valence-electron chi connectivity index (χ2n) is 6.69. The average Bonchev–Trinajstić information content (AvgIpc) is 2.64. The monoisotopic (exact) mass is 390 g/mol.